The van der Waals surface area contributed by atoms with Crippen LogP contribution in [-0.4, -0.2) is 28.4 Å². The van der Waals surface area contributed by atoms with E-state index in [9.17, 15) is 0 Å². The summed E-state index contributed by atoms with van der Waals surface area (Å²) in [7, 11) is 1.69. The van der Waals surface area contributed by atoms with Gasteiger partial charge in [-0.15, -0.1) is 0 Å². The van der Waals surface area contributed by atoms with E-state index in [1.807, 2.05) is 4.68 Å². The monoisotopic (exact) mass is 298 g/mol. The Morgan fingerprint density at radius 2 is 2.20 bits per heavy atom. The lowest BCUT2D eigenvalue weighted by Crippen LogP contribution is -2.32. The fourth-order valence-corrected chi connectivity index (χ4v) is 4.03. The Hall–Kier alpha value is -0.720. The van der Waals surface area contributed by atoms with Gasteiger partial charge < -0.3 is 4.74 Å². The predicted molar refractivity (Wildman–Crippen MR) is 83.9 cm³/mol. The van der Waals surface area contributed by atoms with Crippen LogP contribution in [0.5, 0.6) is 5.75 Å². The van der Waals surface area contributed by atoms with E-state index in [4.69, 9.17) is 10.6 Å². The van der Waals surface area contributed by atoms with Crippen LogP contribution in [0, 0.1) is 5.92 Å². The third-order valence-corrected chi connectivity index (χ3v) is 5.00. The molecule has 0 aromatic carbocycles. The third-order valence-electron chi connectivity index (χ3n) is 3.95. The second kappa shape index (κ2) is 7.33. The molecule has 1 saturated heterocycles. The maximum atomic E-state index is 5.82. The lowest BCUT2D eigenvalue weighted by Gasteiger charge is -2.27. The van der Waals surface area contributed by atoms with E-state index in [2.05, 4.69) is 36.1 Å². The zero-order valence-corrected chi connectivity index (χ0v) is 13.4. The van der Waals surface area contributed by atoms with Gasteiger partial charge in [-0.3, -0.25) is 16.0 Å². The van der Waals surface area contributed by atoms with Crippen molar-refractivity contribution in [3.8, 4) is 5.75 Å². The van der Waals surface area contributed by atoms with Gasteiger partial charge in [0.05, 0.1) is 25.0 Å². The SMILES string of the molecule is COc1cnn(C(C)C)c1C(CC1CCSCC1)NN. The van der Waals surface area contributed by atoms with Gasteiger partial charge in [0, 0.05) is 6.04 Å². The van der Waals surface area contributed by atoms with Gasteiger partial charge in [0.1, 0.15) is 0 Å². The molecule has 0 bridgehead atoms. The third kappa shape index (κ3) is 3.48. The highest BCUT2D eigenvalue weighted by Crippen LogP contribution is 2.35. The standard InChI is InChI=1S/C14H26N4OS/c1-10(2)18-14(13(19-3)9-16-18)12(17-15)8-11-4-6-20-7-5-11/h9-12,17H,4-8,15H2,1-3H3. The van der Waals surface area contributed by atoms with Gasteiger partial charge in [0.15, 0.2) is 5.75 Å². The highest BCUT2D eigenvalue weighted by Gasteiger charge is 2.26. The molecular formula is C14H26N4OS. The van der Waals surface area contributed by atoms with Crippen LogP contribution in [0.25, 0.3) is 0 Å². The van der Waals surface area contributed by atoms with Crippen molar-refractivity contribution in [3.63, 3.8) is 0 Å². The molecular weight excluding hydrogens is 272 g/mol. The fraction of sp³-hybridized carbons (Fsp3) is 0.786. The maximum absolute atomic E-state index is 5.82. The number of nitrogens with zero attached hydrogens (tertiary/aromatic N) is 2. The number of nitrogens with two attached hydrogens (primary N) is 1. The summed E-state index contributed by atoms with van der Waals surface area (Å²) in [5.41, 5.74) is 4.05. The second-order valence-corrected chi connectivity index (χ2v) is 6.87. The normalized spacial score (nSPS) is 18.4. The summed E-state index contributed by atoms with van der Waals surface area (Å²) in [6.07, 6.45) is 5.39. The van der Waals surface area contributed by atoms with Gasteiger partial charge in [-0.05, 0) is 50.5 Å². The molecule has 0 saturated carbocycles. The van der Waals surface area contributed by atoms with Gasteiger partial charge in [-0.1, -0.05) is 0 Å². The van der Waals surface area contributed by atoms with Crippen LogP contribution < -0.4 is 16.0 Å². The average molecular weight is 298 g/mol. The molecule has 2 rings (SSSR count). The molecule has 0 amide bonds. The van der Waals surface area contributed by atoms with Gasteiger partial charge in [0.2, 0.25) is 0 Å². The summed E-state index contributed by atoms with van der Waals surface area (Å²) in [5, 5.41) is 4.44. The number of nitrogens with one attached hydrogen (secondary N) is 1. The predicted octanol–water partition coefficient (Wildman–Crippen LogP) is 2.51. The summed E-state index contributed by atoms with van der Waals surface area (Å²) < 4.78 is 7.48. The topological polar surface area (TPSA) is 65.1 Å². The van der Waals surface area contributed by atoms with Crippen molar-refractivity contribution < 1.29 is 4.74 Å². The molecule has 0 radical (unpaired) electrons. The van der Waals surface area contributed by atoms with Crippen molar-refractivity contribution in [2.75, 3.05) is 18.6 Å². The zero-order chi connectivity index (χ0) is 14.5. The Labute approximate surface area is 125 Å². The minimum Gasteiger partial charge on any atom is -0.493 e. The molecule has 1 aliphatic rings. The van der Waals surface area contributed by atoms with E-state index < -0.39 is 0 Å². The van der Waals surface area contributed by atoms with Gasteiger partial charge in [-0.25, -0.2) is 0 Å². The van der Waals surface area contributed by atoms with Gasteiger partial charge in [-0.2, -0.15) is 16.9 Å². The molecule has 0 spiro atoms. The first-order valence-electron chi connectivity index (χ1n) is 7.32. The molecule has 1 fully saturated rings. The van der Waals surface area contributed by atoms with Crippen molar-refractivity contribution in [1.82, 2.24) is 15.2 Å². The van der Waals surface area contributed by atoms with Crippen molar-refractivity contribution in [1.29, 1.82) is 0 Å². The van der Waals surface area contributed by atoms with E-state index in [0.717, 1.165) is 23.8 Å². The Morgan fingerprint density at radius 3 is 2.75 bits per heavy atom. The molecule has 6 heteroatoms. The summed E-state index contributed by atoms with van der Waals surface area (Å²) >= 11 is 2.05. The van der Waals surface area contributed by atoms with E-state index >= 15 is 0 Å². The van der Waals surface area contributed by atoms with Gasteiger partial charge >= 0.3 is 0 Å². The molecule has 1 aromatic heterocycles. The van der Waals surface area contributed by atoms with Crippen LogP contribution in [0.1, 0.15) is 50.9 Å². The summed E-state index contributed by atoms with van der Waals surface area (Å²) in [4.78, 5) is 0. The molecule has 1 aliphatic heterocycles. The molecule has 0 aliphatic carbocycles. The van der Waals surface area contributed by atoms with Crippen molar-refractivity contribution in [2.24, 2.45) is 11.8 Å². The Balaban J connectivity index is 2.18. The van der Waals surface area contributed by atoms with E-state index in [0.29, 0.717) is 6.04 Å². The highest BCUT2D eigenvalue weighted by atomic mass is 32.2. The molecule has 5 nitrogen and oxygen atoms in total. The molecule has 1 unspecified atom stereocenters. The summed E-state index contributed by atoms with van der Waals surface area (Å²) in [6, 6.07) is 0.398. The number of hydrogen-bond donors (Lipinski definition) is 2. The zero-order valence-electron chi connectivity index (χ0n) is 12.6. The Bertz CT molecular complexity index is 415. The first-order chi connectivity index (χ1) is 9.67. The number of methoxy groups -OCH3 is 1. The van der Waals surface area contributed by atoms with E-state index in [-0.39, 0.29) is 6.04 Å². The number of hydrogen-bond acceptors (Lipinski definition) is 5. The van der Waals surface area contributed by atoms with Crippen molar-refractivity contribution >= 4 is 11.8 Å². The largest absolute Gasteiger partial charge is 0.493 e. The number of aromatic nitrogens is 2. The molecule has 1 aromatic rings. The lowest BCUT2D eigenvalue weighted by molar-refractivity contribution is 0.334. The Kier molecular flexibility index (Phi) is 5.74. The average Bonchev–Trinajstić information content (AvgIpc) is 2.89. The van der Waals surface area contributed by atoms with Crippen LogP contribution in [0.15, 0.2) is 6.20 Å². The number of rotatable bonds is 6. The molecule has 114 valence electrons. The van der Waals surface area contributed by atoms with E-state index in [1.54, 1.807) is 13.3 Å². The highest BCUT2D eigenvalue weighted by molar-refractivity contribution is 7.99. The second-order valence-electron chi connectivity index (χ2n) is 5.65. The quantitative estimate of drug-likeness (QED) is 0.624. The first kappa shape index (κ1) is 15.7. The minimum absolute atomic E-state index is 0.1000. The van der Waals surface area contributed by atoms with Crippen LogP contribution in [0.3, 0.4) is 0 Å². The van der Waals surface area contributed by atoms with Gasteiger partial charge in [0.25, 0.3) is 0 Å². The Morgan fingerprint density at radius 1 is 1.50 bits per heavy atom. The molecule has 3 N–H and O–H groups in total. The number of hydrazine groups is 1. The van der Waals surface area contributed by atoms with Crippen LogP contribution >= 0.6 is 11.8 Å². The maximum Gasteiger partial charge on any atom is 0.161 e. The van der Waals surface area contributed by atoms with E-state index in [1.165, 1.54) is 24.3 Å². The van der Waals surface area contributed by atoms with Crippen LogP contribution in [0.4, 0.5) is 0 Å². The first-order valence-corrected chi connectivity index (χ1v) is 8.48. The number of thioether (sulfide) groups is 1. The lowest BCUT2D eigenvalue weighted by atomic mass is 9.93. The summed E-state index contributed by atoms with van der Waals surface area (Å²) in [6.45, 7) is 4.25. The summed E-state index contributed by atoms with van der Waals surface area (Å²) in [5.74, 6) is 9.91. The minimum atomic E-state index is 0.1000. The molecule has 1 atom stereocenters. The molecule has 2 heterocycles. The van der Waals surface area contributed by atoms with Crippen molar-refractivity contribution in [2.45, 2.75) is 45.2 Å². The van der Waals surface area contributed by atoms with Crippen LogP contribution in [-0.2, 0) is 0 Å². The van der Waals surface area contributed by atoms with Crippen LogP contribution in [0.2, 0.25) is 0 Å². The fourth-order valence-electron chi connectivity index (χ4n) is 2.83. The van der Waals surface area contributed by atoms with Crippen molar-refractivity contribution in [3.05, 3.63) is 11.9 Å². The smallest absolute Gasteiger partial charge is 0.161 e. The number of ether oxygens (including phenoxy) is 1. The molecule has 20 heavy (non-hydrogen) atoms.